The number of nitriles is 2. The highest BCUT2D eigenvalue weighted by Gasteiger charge is 2.24. The van der Waals surface area contributed by atoms with E-state index in [-0.39, 0.29) is 11.6 Å². The molecule has 0 bridgehead atoms. The second kappa shape index (κ2) is 9.96. The van der Waals surface area contributed by atoms with E-state index in [4.69, 9.17) is 0 Å². The number of carbonyl (C=O) groups excluding carboxylic acids is 1. The average Bonchev–Trinajstić information content (AvgIpc) is 3.26. The van der Waals surface area contributed by atoms with Crippen molar-refractivity contribution >= 4 is 33.5 Å². The van der Waals surface area contributed by atoms with Gasteiger partial charge in [0.05, 0.1) is 51.3 Å². The van der Waals surface area contributed by atoms with E-state index in [1.54, 1.807) is 41.4 Å². The molecule has 0 saturated carbocycles. The van der Waals surface area contributed by atoms with Crippen LogP contribution in [0.25, 0.3) is 38.8 Å². The molecule has 1 saturated heterocycles. The SMILES string of the molecule is CC(=O)N1CCN(c2cc(C)c(-n3c(=O)n(C)c4cnc5ccc(-c6cccc(C#N)c6)cc5c43)cc2C#N)CC1. The Morgan fingerprint density at radius 3 is 2.39 bits per heavy atom. The number of rotatable bonds is 3. The number of hydrogen-bond donors (Lipinski definition) is 0. The van der Waals surface area contributed by atoms with Crippen LogP contribution in [0, 0.1) is 29.6 Å². The van der Waals surface area contributed by atoms with Crippen molar-refractivity contribution < 1.29 is 4.79 Å². The molecular weight excluding hydrogens is 514 g/mol. The first-order valence-corrected chi connectivity index (χ1v) is 13.4. The number of aryl methyl sites for hydroxylation is 2. The van der Waals surface area contributed by atoms with Crippen molar-refractivity contribution in [1.29, 1.82) is 10.5 Å². The minimum atomic E-state index is -0.235. The fraction of sp³-hybridized carbons (Fsp3) is 0.219. The van der Waals surface area contributed by atoms with Crippen LogP contribution in [0.1, 0.15) is 23.6 Å². The van der Waals surface area contributed by atoms with Gasteiger partial charge in [0.1, 0.15) is 6.07 Å². The number of piperazine rings is 1. The summed E-state index contributed by atoms with van der Waals surface area (Å²) in [4.78, 5) is 34.1. The second-order valence-electron chi connectivity index (χ2n) is 10.4. The van der Waals surface area contributed by atoms with E-state index in [2.05, 4.69) is 22.0 Å². The quantitative estimate of drug-likeness (QED) is 0.337. The number of anilines is 1. The molecule has 0 atom stereocenters. The molecule has 0 aliphatic carbocycles. The molecule has 9 heteroatoms. The summed E-state index contributed by atoms with van der Waals surface area (Å²) in [5.74, 6) is 0.0506. The maximum Gasteiger partial charge on any atom is 0.333 e. The normalized spacial score (nSPS) is 13.4. The third-order valence-corrected chi connectivity index (χ3v) is 7.95. The monoisotopic (exact) mass is 541 g/mol. The summed E-state index contributed by atoms with van der Waals surface area (Å²) in [6.07, 6.45) is 1.70. The third-order valence-electron chi connectivity index (χ3n) is 7.95. The van der Waals surface area contributed by atoms with Crippen LogP contribution in [-0.4, -0.2) is 51.1 Å². The van der Waals surface area contributed by atoms with Gasteiger partial charge in [-0.2, -0.15) is 10.5 Å². The lowest BCUT2D eigenvalue weighted by Gasteiger charge is -2.36. The van der Waals surface area contributed by atoms with Gasteiger partial charge in [0.15, 0.2) is 0 Å². The molecule has 1 aliphatic rings. The third kappa shape index (κ3) is 4.29. The molecule has 0 N–H and O–H groups in total. The van der Waals surface area contributed by atoms with E-state index in [0.29, 0.717) is 54.0 Å². The van der Waals surface area contributed by atoms with Crippen LogP contribution in [0.2, 0.25) is 0 Å². The first kappa shape index (κ1) is 25.8. The molecule has 0 unspecified atom stereocenters. The minimum Gasteiger partial charge on any atom is -0.367 e. The molecule has 9 nitrogen and oxygen atoms in total. The van der Waals surface area contributed by atoms with Gasteiger partial charge in [0.2, 0.25) is 5.91 Å². The fourth-order valence-corrected chi connectivity index (χ4v) is 5.70. The van der Waals surface area contributed by atoms with Crippen molar-refractivity contribution in [3.05, 3.63) is 88.0 Å². The van der Waals surface area contributed by atoms with E-state index < -0.39 is 0 Å². The van der Waals surface area contributed by atoms with Gasteiger partial charge in [0, 0.05) is 45.5 Å². The van der Waals surface area contributed by atoms with Gasteiger partial charge in [-0.15, -0.1) is 0 Å². The van der Waals surface area contributed by atoms with Crippen molar-refractivity contribution in [2.45, 2.75) is 13.8 Å². The zero-order chi connectivity index (χ0) is 28.8. The van der Waals surface area contributed by atoms with Gasteiger partial charge in [-0.05, 0) is 60.0 Å². The summed E-state index contributed by atoms with van der Waals surface area (Å²) in [6, 6.07) is 21.6. The van der Waals surface area contributed by atoms with Crippen LogP contribution in [0.3, 0.4) is 0 Å². The maximum absolute atomic E-state index is 13.7. The molecule has 1 aliphatic heterocycles. The van der Waals surface area contributed by atoms with Gasteiger partial charge >= 0.3 is 5.69 Å². The Balaban J connectivity index is 1.54. The molecular formula is C32H27N7O2. The van der Waals surface area contributed by atoms with Crippen molar-refractivity contribution in [1.82, 2.24) is 19.0 Å². The summed E-state index contributed by atoms with van der Waals surface area (Å²) >= 11 is 0. The van der Waals surface area contributed by atoms with Crippen LogP contribution < -0.4 is 10.6 Å². The zero-order valence-corrected chi connectivity index (χ0v) is 23.0. The Morgan fingerprint density at radius 2 is 1.68 bits per heavy atom. The number of benzene rings is 3. The van der Waals surface area contributed by atoms with Crippen LogP contribution in [0.5, 0.6) is 0 Å². The van der Waals surface area contributed by atoms with E-state index in [1.165, 1.54) is 0 Å². The Hall–Kier alpha value is -5.41. The average molecular weight is 542 g/mol. The molecule has 3 heterocycles. The number of nitrogens with zero attached hydrogens (tertiary/aromatic N) is 7. The predicted octanol–water partition coefficient (Wildman–Crippen LogP) is 4.26. The van der Waals surface area contributed by atoms with Crippen molar-refractivity contribution in [3.8, 4) is 29.0 Å². The molecule has 2 aromatic heterocycles. The summed E-state index contributed by atoms with van der Waals surface area (Å²) < 4.78 is 3.24. The number of carbonyl (C=O) groups is 1. The topological polar surface area (TPSA) is 111 Å². The summed E-state index contributed by atoms with van der Waals surface area (Å²) in [5, 5.41) is 20.3. The molecule has 3 aromatic carbocycles. The molecule has 6 rings (SSSR count). The number of imidazole rings is 1. The van der Waals surface area contributed by atoms with Crippen LogP contribution >= 0.6 is 0 Å². The van der Waals surface area contributed by atoms with Crippen LogP contribution in [0.4, 0.5) is 5.69 Å². The minimum absolute atomic E-state index is 0.0506. The standard InChI is InChI=1S/C32H27N7O2/c1-20-13-29(38-11-9-37(10-12-38)21(2)40)25(18-34)16-28(20)39-31-26-15-24(23-6-4-5-22(14-23)17-33)7-8-27(26)35-19-30(31)36(3)32(39)41/h4-8,13-16,19H,9-12H2,1-3H3. The van der Waals surface area contributed by atoms with Gasteiger partial charge in [-0.25, -0.2) is 4.79 Å². The molecule has 1 amide bonds. The molecule has 202 valence electrons. The summed E-state index contributed by atoms with van der Waals surface area (Å²) in [6.45, 7) is 5.98. The summed E-state index contributed by atoms with van der Waals surface area (Å²) in [5.41, 5.74) is 7.00. The van der Waals surface area contributed by atoms with Crippen molar-refractivity contribution in [2.75, 3.05) is 31.1 Å². The van der Waals surface area contributed by atoms with Gasteiger partial charge < -0.3 is 9.80 Å². The number of amides is 1. The Kier molecular flexibility index (Phi) is 6.28. The van der Waals surface area contributed by atoms with Gasteiger partial charge in [-0.3, -0.25) is 18.9 Å². The fourth-order valence-electron chi connectivity index (χ4n) is 5.70. The molecule has 5 aromatic rings. The first-order chi connectivity index (χ1) is 19.8. The largest absolute Gasteiger partial charge is 0.367 e. The Morgan fingerprint density at radius 1 is 0.927 bits per heavy atom. The van der Waals surface area contributed by atoms with E-state index in [1.807, 2.05) is 54.3 Å². The number of aromatic nitrogens is 3. The van der Waals surface area contributed by atoms with Crippen molar-refractivity contribution in [2.24, 2.45) is 7.05 Å². The van der Waals surface area contributed by atoms with Crippen LogP contribution in [0.15, 0.2) is 65.6 Å². The lowest BCUT2D eigenvalue weighted by atomic mass is 10.0. The lowest BCUT2D eigenvalue weighted by Crippen LogP contribution is -2.48. The predicted molar refractivity (Wildman–Crippen MR) is 158 cm³/mol. The molecule has 0 radical (unpaired) electrons. The molecule has 0 spiro atoms. The van der Waals surface area contributed by atoms with E-state index in [9.17, 15) is 20.1 Å². The smallest absolute Gasteiger partial charge is 0.333 e. The summed E-state index contributed by atoms with van der Waals surface area (Å²) in [7, 11) is 1.72. The van der Waals surface area contributed by atoms with E-state index in [0.717, 1.165) is 33.3 Å². The van der Waals surface area contributed by atoms with Gasteiger partial charge in [0.25, 0.3) is 0 Å². The lowest BCUT2D eigenvalue weighted by molar-refractivity contribution is -0.129. The van der Waals surface area contributed by atoms with Gasteiger partial charge in [-0.1, -0.05) is 18.2 Å². The Labute approximate surface area is 236 Å². The highest BCUT2D eigenvalue weighted by atomic mass is 16.2. The van der Waals surface area contributed by atoms with E-state index >= 15 is 0 Å². The highest BCUT2D eigenvalue weighted by molar-refractivity contribution is 6.04. The highest BCUT2D eigenvalue weighted by Crippen LogP contribution is 2.33. The number of hydrogen-bond acceptors (Lipinski definition) is 6. The zero-order valence-electron chi connectivity index (χ0n) is 23.0. The number of pyridine rings is 1. The van der Waals surface area contributed by atoms with Crippen molar-refractivity contribution in [3.63, 3.8) is 0 Å². The maximum atomic E-state index is 13.7. The molecule has 41 heavy (non-hydrogen) atoms. The molecule has 1 fully saturated rings. The first-order valence-electron chi connectivity index (χ1n) is 13.4. The second-order valence-corrected chi connectivity index (χ2v) is 10.4. The number of fused-ring (bicyclic) bond motifs is 3. The Bertz CT molecular complexity index is 2020. The van der Waals surface area contributed by atoms with Crippen LogP contribution in [-0.2, 0) is 11.8 Å².